The zero-order valence-corrected chi connectivity index (χ0v) is 12.1. The Labute approximate surface area is 116 Å². The predicted octanol–water partition coefficient (Wildman–Crippen LogP) is 3.48. The first-order valence-corrected chi connectivity index (χ1v) is 7.37. The maximum absolute atomic E-state index is 10.9. The lowest BCUT2D eigenvalue weighted by Gasteiger charge is -2.09. The SMILES string of the molecule is CSC(C)CCNCc1ccc(Cl)cc1[N+](=O)[O-]. The molecule has 0 aromatic heterocycles. The zero-order valence-electron chi connectivity index (χ0n) is 10.5. The quantitative estimate of drug-likeness (QED) is 0.474. The fraction of sp³-hybridized carbons (Fsp3) is 0.500. The second-order valence-electron chi connectivity index (χ2n) is 4.04. The molecule has 1 N–H and O–H groups in total. The van der Waals surface area contributed by atoms with E-state index >= 15 is 0 Å². The molecule has 0 spiro atoms. The third kappa shape index (κ3) is 4.84. The van der Waals surface area contributed by atoms with Crippen LogP contribution in [0, 0.1) is 10.1 Å². The minimum Gasteiger partial charge on any atom is -0.312 e. The summed E-state index contributed by atoms with van der Waals surface area (Å²) in [5.41, 5.74) is 0.745. The highest BCUT2D eigenvalue weighted by Crippen LogP contribution is 2.23. The third-order valence-corrected chi connectivity index (χ3v) is 3.97. The van der Waals surface area contributed by atoms with E-state index < -0.39 is 4.92 Å². The van der Waals surface area contributed by atoms with Gasteiger partial charge in [0.2, 0.25) is 0 Å². The van der Waals surface area contributed by atoms with E-state index in [1.807, 2.05) is 11.8 Å². The summed E-state index contributed by atoms with van der Waals surface area (Å²) in [4.78, 5) is 10.5. The maximum atomic E-state index is 10.9. The van der Waals surface area contributed by atoms with Crippen LogP contribution in [-0.2, 0) is 6.54 Å². The molecule has 18 heavy (non-hydrogen) atoms. The van der Waals surface area contributed by atoms with Crippen molar-refractivity contribution in [2.45, 2.75) is 25.1 Å². The van der Waals surface area contributed by atoms with Crippen molar-refractivity contribution in [2.24, 2.45) is 0 Å². The van der Waals surface area contributed by atoms with Crippen molar-refractivity contribution in [3.63, 3.8) is 0 Å². The number of thioether (sulfide) groups is 1. The van der Waals surface area contributed by atoms with E-state index in [1.165, 1.54) is 6.07 Å². The molecule has 0 amide bonds. The van der Waals surface area contributed by atoms with Crippen molar-refractivity contribution >= 4 is 29.1 Å². The van der Waals surface area contributed by atoms with Gasteiger partial charge in [-0.3, -0.25) is 10.1 Å². The maximum Gasteiger partial charge on any atom is 0.275 e. The first kappa shape index (κ1) is 15.3. The van der Waals surface area contributed by atoms with Gasteiger partial charge in [-0.15, -0.1) is 0 Å². The van der Waals surface area contributed by atoms with Gasteiger partial charge in [0.15, 0.2) is 0 Å². The molecular formula is C12H17ClN2O2S. The molecule has 0 saturated heterocycles. The van der Waals surface area contributed by atoms with Crippen LogP contribution in [0.25, 0.3) is 0 Å². The van der Waals surface area contributed by atoms with Gasteiger partial charge in [-0.1, -0.05) is 18.5 Å². The molecule has 0 radical (unpaired) electrons. The van der Waals surface area contributed by atoms with Gasteiger partial charge in [0.25, 0.3) is 5.69 Å². The fourth-order valence-corrected chi connectivity index (χ4v) is 2.02. The number of nitrogens with zero attached hydrogens (tertiary/aromatic N) is 1. The molecular weight excluding hydrogens is 272 g/mol. The summed E-state index contributed by atoms with van der Waals surface area (Å²) >= 11 is 7.57. The molecule has 0 aliphatic carbocycles. The van der Waals surface area contributed by atoms with E-state index in [0.29, 0.717) is 22.4 Å². The Kier molecular flexibility index (Phi) is 6.46. The molecule has 1 unspecified atom stereocenters. The van der Waals surface area contributed by atoms with Gasteiger partial charge in [0.1, 0.15) is 0 Å². The van der Waals surface area contributed by atoms with Crippen LogP contribution in [0.4, 0.5) is 5.69 Å². The molecule has 100 valence electrons. The molecule has 0 heterocycles. The summed E-state index contributed by atoms with van der Waals surface area (Å²) in [6.45, 7) is 3.51. The number of rotatable bonds is 7. The number of nitro groups is 1. The number of halogens is 1. The van der Waals surface area contributed by atoms with Gasteiger partial charge in [-0.25, -0.2) is 0 Å². The Hall–Kier alpha value is -0.780. The second-order valence-corrected chi connectivity index (χ2v) is 5.75. The first-order chi connectivity index (χ1) is 8.54. The van der Waals surface area contributed by atoms with E-state index in [9.17, 15) is 10.1 Å². The van der Waals surface area contributed by atoms with Gasteiger partial charge in [-0.2, -0.15) is 11.8 Å². The Morgan fingerprint density at radius 2 is 2.28 bits per heavy atom. The van der Waals surface area contributed by atoms with Crippen LogP contribution >= 0.6 is 23.4 Å². The van der Waals surface area contributed by atoms with Crippen LogP contribution in [-0.4, -0.2) is 23.0 Å². The smallest absolute Gasteiger partial charge is 0.275 e. The van der Waals surface area contributed by atoms with Crippen LogP contribution in [0.1, 0.15) is 18.9 Å². The van der Waals surface area contributed by atoms with Crippen molar-refractivity contribution in [3.05, 3.63) is 38.9 Å². The van der Waals surface area contributed by atoms with Gasteiger partial charge >= 0.3 is 0 Å². The summed E-state index contributed by atoms with van der Waals surface area (Å²) in [6, 6.07) is 4.77. The molecule has 0 bridgehead atoms. The number of hydrogen-bond donors (Lipinski definition) is 1. The lowest BCUT2D eigenvalue weighted by molar-refractivity contribution is -0.385. The summed E-state index contributed by atoms with van der Waals surface area (Å²) in [5.74, 6) is 0. The van der Waals surface area contributed by atoms with Crippen molar-refractivity contribution in [1.82, 2.24) is 5.32 Å². The number of benzene rings is 1. The van der Waals surface area contributed by atoms with Crippen molar-refractivity contribution in [3.8, 4) is 0 Å². The van der Waals surface area contributed by atoms with Gasteiger partial charge in [-0.05, 0) is 31.4 Å². The highest BCUT2D eigenvalue weighted by molar-refractivity contribution is 7.99. The van der Waals surface area contributed by atoms with Crippen LogP contribution in [0.15, 0.2) is 18.2 Å². The summed E-state index contributed by atoms with van der Waals surface area (Å²) < 4.78 is 0. The van der Waals surface area contributed by atoms with Crippen LogP contribution in [0.3, 0.4) is 0 Å². The lowest BCUT2D eigenvalue weighted by Crippen LogP contribution is -2.18. The van der Waals surface area contributed by atoms with E-state index in [1.54, 1.807) is 12.1 Å². The summed E-state index contributed by atoms with van der Waals surface area (Å²) in [5, 5.41) is 15.1. The highest BCUT2D eigenvalue weighted by Gasteiger charge is 2.13. The minimum atomic E-state index is -0.395. The third-order valence-electron chi connectivity index (χ3n) is 2.69. The second kappa shape index (κ2) is 7.61. The van der Waals surface area contributed by atoms with Crippen molar-refractivity contribution < 1.29 is 4.92 Å². The molecule has 1 atom stereocenters. The largest absolute Gasteiger partial charge is 0.312 e. The van der Waals surface area contributed by atoms with Crippen LogP contribution < -0.4 is 5.32 Å². The Morgan fingerprint density at radius 3 is 2.89 bits per heavy atom. The van der Waals surface area contributed by atoms with Crippen molar-refractivity contribution in [2.75, 3.05) is 12.8 Å². The standard InChI is InChI=1S/C12H17ClN2O2S/c1-9(18-2)5-6-14-8-10-3-4-11(13)7-12(10)15(16)17/h3-4,7,9,14H,5-6,8H2,1-2H3. The molecule has 6 heteroatoms. The molecule has 1 aromatic carbocycles. The van der Waals surface area contributed by atoms with Gasteiger partial charge in [0.05, 0.1) is 4.92 Å². The average Bonchev–Trinajstić information content (AvgIpc) is 2.35. The van der Waals surface area contributed by atoms with E-state index in [-0.39, 0.29) is 5.69 Å². The average molecular weight is 289 g/mol. The summed E-state index contributed by atoms with van der Waals surface area (Å²) in [6.07, 6.45) is 3.12. The van der Waals surface area contributed by atoms with Gasteiger partial charge < -0.3 is 5.32 Å². The van der Waals surface area contributed by atoms with E-state index in [4.69, 9.17) is 11.6 Å². The molecule has 0 fully saturated rings. The fourth-order valence-electron chi connectivity index (χ4n) is 1.50. The zero-order chi connectivity index (χ0) is 13.5. The Morgan fingerprint density at radius 1 is 1.56 bits per heavy atom. The Balaban J connectivity index is 2.54. The normalized spacial score (nSPS) is 12.4. The molecule has 1 aromatic rings. The molecule has 0 saturated carbocycles. The van der Waals surface area contributed by atoms with Crippen LogP contribution in [0.2, 0.25) is 5.02 Å². The van der Waals surface area contributed by atoms with E-state index in [0.717, 1.165) is 13.0 Å². The molecule has 0 aliphatic rings. The molecule has 1 rings (SSSR count). The lowest BCUT2D eigenvalue weighted by atomic mass is 10.2. The topological polar surface area (TPSA) is 55.2 Å². The number of nitrogens with one attached hydrogen (secondary N) is 1. The number of nitro benzene ring substituents is 1. The number of hydrogen-bond acceptors (Lipinski definition) is 4. The Bertz CT molecular complexity index is 415. The van der Waals surface area contributed by atoms with Crippen molar-refractivity contribution in [1.29, 1.82) is 0 Å². The monoisotopic (exact) mass is 288 g/mol. The predicted molar refractivity (Wildman–Crippen MR) is 77.4 cm³/mol. The highest BCUT2D eigenvalue weighted by atomic mass is 35.5. The van der Waals surface area contributed by atoms with Crippen LogP contribution in [0.5, 0.6) is 0 Å². The molecule has 0 aliphatic heterocycles. The first-order valence-electron chi connectivity index (χ1n) is 5.71. The summed E-state index contributed by atoms with van der Waals surface area (Å²) in [7, 11) is 0. The van der Waals surface area contributed by atoms with Gasteiger partial charge in [0, 0.05) is 28.4 Å². The van der Waals surface area contributed by atoms with E-state index in [2.05, 4.69) is 18.5 Å². The minimum absolute atomic E-state index is 0.0768. The molecule has 4 nitrogen and oxygen atoms in total.